The molecule has 7 heterocycles. The molecule has 14 aromatic carbocycles. The summed E-state index contributed by atoms with van der Waals surface area (Å²) in [6.07, 6.45) is -4.31. The molecule has 0 unspecified atom stereocenters. The topological polar surface area (TPSA) is 201 Å². The van der Waals surface area contributed by atoms with Crippen LogP contribution in [0.3, 0.4) is 0 Å². The van der Waals surface area contributed by atoms with Gasteiger partial charge in [-0.2, -0.15) is 13.2 Å². The van der Waals surface area contributed by atoms with Crippen molar-refractivity contribution in [2.24, 2.45) is 5.73 Å². The van der Waals surface area contributed by atoms with Crippen molar-refractivity contribution in [3.05, 3.63) is 330 Å². The number of carbonyl (C=O) groups is 1. The van der Waals surface area contributed by atoms with Crippen molar-refractivity contribution in [1.29, 1.82) is 0 Å². The van der Waals surface area contributed by atoms with Gasteiger partial charge in [0, 0.05) is 64.7 Å². The number of para-hydroxylation sites is 5. The number of amides is 1. The fourth-order valence-electron chi connectivity index (χ4n) is 13.8. The lowest BCUT2D eigenvalue weighted by Crippen LogP contribution is -2.14. The quantitative estimate of drug-likeness (QED) is 0.0843. The molecule has 7 aromatic heterocycles. The summed E-state index contributed by atoms with van der Waals surface area (Å²) < 4.78 is 110. The maximum atomic E-state index is 13.6. The van der Waals surface area contributed by atoms with E-state index in [0.29, 0.717) is 32.1 Å². The van der Waals surface area contributed by atoms with Gasteiger partial charge in [0.2, 0.25) is 5.91 Å². The third kappa shape index (κ3) is 23.1. The highest BCUT2D eigenvalue weighted by atomic mass is 79.9. The van der Waals surface area contributed by atoms with E-state index in [4.69, 9.17) is 43.9 Å². The van der Waals surface area contributed by atoms with Gasteiger partial charge in [-0.3, -0.25) is 4.79 Å². The third-order valence-corrected chi connectivity index (χ3v) is 28.7. The maximum absolute atomic E-state index is 13.6. The number of rotatable bonds is 17. The molecule has 1 amide bonds. The molecular weight excluding hydrogens is 1900 g/mol. The molecule has 0 saturated heterocycles. The summed E-state index contributed by atoms with van der Waals surface area (Å²) in [4.78, 5) is 45.1. The fourth-order valence-corrected chi connectivity index (χ4v) is 21.1. The Kier molecular flexibility index (Phi) is 31.0. The van der Waals surface area contributed by atoms with Crippen molar-refractivity contribution in [3.63, 3.8) is 0 Å². The molecule has 21 rings (SSSR count). The highest BCUT2D eigenvalue weighted by molar-refractivity contribution is 9.10. The second kappa shape index (κ2) is 43.8. The fraction of sp³-hybridized carbons (Fsp3) is 0.115. The Morgan fingerprint density at radius 2 is 0.687 bits per heavy atom. The zero-order valence-electron chi connectivity index (χ0n) is 73.5. The maximum Gasteiger partial charge on any atom is 0.419 e. The van der Waals surface area contributed by atoms with Gasteiger partial charge in [-0.15, -0.1) is 79.4 Å². The smallest absolute Gasteiger partial charge is 0.419 e. The highest BCUT2D eigenvalue weighted by Crippen LogP contribution is 2.44. The Hall–Kier alpha value is -13.7. The predicted octanol–water partition coefficient (Wildman–Crippen LogP) is 29.3. The summed E-state index contributed by atoms with van der Waals surface area (Å²) in [5.74, 6) is 3.86. The van der Waals surface area contributed by atoms with E-state index in [1.165, 1.54) is 68.1 Å². The molecule has 30 heteroatoms. The van der Waals surface area contributed by atoms with Crippen LogP contribution < -0.4 is 43.8 Å². The standard InChI is InChI=1S/C16H14N2O2S.C16H16N2OS.C15H10F3NOS.C15H13NOS.C14H10BrNOS.2C14H10FNOS/c1-20-13-7-6-10(8-11(13)9-15(17)19)16-18-12-4-2-3-5-14(12)21-16;1-18(2)13-10-11(8-9-14(13)19-3)16-17-12-6-4-5-7-15(12)20-16;1-20-12-7-6-9(8-10(12)15(16,17)18)14-19-11-4-2-3-5-13(11)21-14;1-10-9-11(7-8-13(10)17-2)15-16-12-5-3-4-6-14(12)18-15;1-17-12-7-6-9(8-10(12)15)14-16-11-4-2-3-5-13(11)18-14;1-17-11-5-2-9(3-6-11)14-16-12-8-10(15)4-7-13(12)18-14;1-17-10-7-5-9(6-8-10)14-16-12-4-2-3-11(15)13(12)18-14/h2-8H,9H2,1H3,(H2,17,19);4-10H,1-3H3;2-8H,1H3;3-9H,1-2H3;3*2-8H,1H3. The number of primary amides is 1. The number of nitrogens with two attached hydrogens (primary N) is 1. The van der Waals surface area contributed by atoms with Gasteiger partial charge >= 0.3 is 6.18 Å². The minimum absolute atomic E-state index is 0.155. The zero-order valence-corrected chi connectivity index (χ0v) is 80.8. The van der Waals surface area contributed by atoms with Gasteiger partial charge in [0.15, 0.2) is 0 Å². The van der Waals surface area contributed by atoms with Gasteiger partial charge in [0.1, 0.15) is 86.9 Å². The second-order valence-electron chi connectivity index (χ2n) is 29.5. The Balaban J connectivity index is 0.000000119. The number of thiazole rings is 7. The van der Waals surface area contributed by atoms with Crippen molar-refractivity contribution in [2.75, 3.05) is 68.8 Å². The lowest BCUT2D eigenvalue weighted by Gasteiger charge is -2.17. The molecule has 0 atom stereocenters. The molecule has 0 saturated carbocycles. The number of ether oxygens (including phenoxy) is 7. The molecule has 0 aliphatic carbocycles. The number of benzene rings is 14. The van der Waals surface area contributed by atoms with E-state index in [-0.39, 0.29) is 29.7 Å². The average molecular weight is 1990 g/mol. The number of aromatic nitrogens is 7. The minimum Gasteiger partial charge on any atom is -0.497 e. The van der Waals surface area contributed by atoms with E-state index in [0.717, 1.165) is 161 Å². The summed E-state index contributed by atoms with van der Waals surface area (Å²) in [5, 5.41) is 6.31. The zero-order chi connectivity index (χ0) is 94.1. The van der Waals surface area contributed by atoms with Crippen LogP contribution in [0.4, 0.5) is 27.6 Å². The van der Waals surface area contributed by atoms with Crippen LogP contribution in [0.1, 0.15) is 16.7 Å². The number of fused-ring (bicyclic) bond motifs is 7. The molecule has 0 spiro atoms. The number of anilines is 1. The molecular formula is C104H83BrF5N9O8S7. The molecule has 0 aliphatic heterocycles. The minimum atomic E-state index is -4.46. The monoisotopic (exact) mass is 1980 g/mol. The van der Waals surface area contributed by atoms with Crippen LogP contribution in [0.25, 0.3) is 146 Å². The van der Waals surface area contributed by atoms with E-state index < -0.39 is 11.7 Å². The number of halogens is 6. The van der Waals surface area contributed by atoms with Crippen molar-refractivity contribution in [2.45, 2.75) is 19.5 Å². The molecule has 134 heavy (non-hydrogen) atoms. The summed E-state index contributed by atoms with van der Waals surface area (Å²) in [6, 6.07) is 93.0. The summed E-state index contributed by atoms with van der Waals surface area (Å²) in [7, 11) is 15.1. The summed E-state index contributed by atoms with van der Waals surface area (Å²) in [6.45, 7) is 2.05. The predicted molar refractivity (Wildman–Crippen MR) is 546 cm³/mol. The second-order valence-corrected chi connectivity index (χ2v) is 37.6. The van der Waals surface area contributed by atoms with Gasteiger partial charge in [-0.05, 0) is 253 Å². The molecule has 0 bridgehead atoms. The molecule has 0 radical (unpaired) electrons. The van der Waals surface area contributed by atoms with Crippen LogP contribution >= 0.6 is 95.3 Å². The largest absolute Gasteiger partial charge is 0.497 e. The number of aryl methyl sites for hydroxylation is 1. The number of methoxy groups -OCH3 is 7. The van der Waals surface area contributed by atoms with Crippen LogP contribution in [0.2, 0.25) is 0 Å². The van der Waals surface area contributed by atoms with Crippen LogP contribution in [0.5, 0.6) is 40.2 Å². The van der Waals surface area contributed by atoms with E-state index >= 15 is 0 Å². The van der Waals surface area contributed by atoms with E-state index in [1.807, 2.05) is 220 Å². The first-order valence-corrected chi connectivity index (χ1v) is 47.7. The van der Waals surface area contributed by atoms with Crippen molar-refractivity contribution in [1.82, 2.24) is 34.9 Å². The van der Waals surface area contributed by atoms with Gasteiger partial charge in [0.25, 0.3) is 0 Å². The first kappa shape index (κ1) is 94.9. The number of hydrogen-bond donors (Lipinski definition) is 1. The lowest BCUT2D eigenvalue weighted by molar-refractivity contribution is -0.138. The van der Waals surface area contributed by atoms with Crippen LogP contribution in [-0.2, 0) is 17.4 Å². The Labute approximate surface area is 804 Å². The van der Waals surface area contributed by atoms with Crippen LogP contribution in [0, 0.1) is 18.6 Å². The Bertz CT molecular complexity index is 7380. The summed E-state index contributed by atoms with van der Waals surface area (Å²) >= 11 is 14.5. The molecule has 21 aromatic rings. The van der Waals surface area contributed by atoms with Gasteiger partial charge in [-0.1, -0.05) is 66.7 Å². The third-order valence-electron chi connectivity index (χ3n) is 20.5. The summed E-state index contributed by atoms with van der Waals surface area (Å²) in [5.41, 5.74) is 20.5. The first-order chi connectivity index (χ1) is 64.9. The highest BCUT2D eigenvalue weighted by Gasteiger charge is 2.35. The van der Waals surface area contributed by atoms with Crippen molar-refractivity contribution < 1.29 is 59.9 Å². The molecule has 17 nitrogen and oxygen atoms in total. The van der Waals surface area contributed by atoms with Crippen molar-refractivity contribution >= 4 is 178 Å². The molecule has 0 aliphatic rings. The van der Waals surface area contributed by atoms with Gasteiger partial charge in [-0.25, -0.2) is 43.7 Å². The molecule has 2 N–H and O–H groups in total. The van der Waals surface area contributed by atoms with E-state index in [2.05, 4.69) is 100 Å². The van der Waals surface area contributed by atoms with E-state index in [1.54, 1.807) is 118 Å². The Morgan fingerprint density at radius 3 is 1.08 bits per heavy atom. The first-order valence-electron chi connectivity index (χ1n) is 41.2. The molecule has 0 fully saturated rings. The van der Waals surface area contributed by atoms with Crippen LogP contribution in [0.15, 0.2) is 302 Å². The van der Waals surface area contributed by atoms with Crippen molar-refractivity contribution in [3.8, 4) is 114 Å². The SMILES string of the molecule is COc1ccc(-c2nc3cc(F)ccc3s2)cc1.COc1ccc(-c2nc3cccc(F)c3s2)cc1.COc1ccc(-c2nc3ccccc3s2)cc1Br.COc1ccc(-c2nc3ccccc3s2)cc1C.COc1ccc(-c2nc3ccccc3s2)cc1C(F)(F)F.COc1ccc(-c2nc3ccccc3s2)cc1CC(N)=O.COc1ccc(-c2nc3ccccc3s2)cc1N(C)C. The average Bonchev–Trinajstić information content (AvgIpc) is 1.60. The van der Waals surface area contributed by atoms with Gasteiger partial charge in [0.05, 0.1) is 143 Å². The number of carbonyl (C=O) groups excluding carboxylic acids is 1. The molecule has 676 valence electrons. The van der Waals surface area contributed by atoms with Gasteiger partial charge < -0.3 is 43.8 Å². The number of hydrogen-bond acceptors (Lipinski definition) is 23. The van der Waals surface area contributed by atoms with E-state index in [9.17, 15) is 26.7 Å². The number of alkyl halides is 3. The normalized spacial score (nSPS) is 10.9. The Morgan fingerprint density at radius 1 is 0.343 bits per heavy atom. The number of nitrogens with zero attached hydrogens (tertiary/aromatic N) is 8. The van der Waals surface area contributed by atoms with Crippen LogP contribution in [-0.4, -0.2) is 105 Å². The lowest BCUT2D eigenvalue weighted by atomic mass is 10.1.